The van der Waals surface area contributed by atoms with Crippen LogP contribution in [0.5, 0.6) is 11.5 Å². The van der Waals surface area contributed by atoms with Gasteiger partial charge >= 0.3 is 0 Å². The maximum atomic E-state index is 9.64. The van der Waals surface area contributed by atoms with Gasteiger partial charge in [-0.05, 0) is 49.8 Å². The van der Waals surface area contributed by atoms with Gasteiger partial charge in [-0.25, -0.2) is 0 Å². The Labute approximate surface area is 145 Å². The lowest BCUT2D eigenvalue weighted by molar-refractivity contribution is 0.313. The number of nitrogens with zero attached hydrogens (tertiary/aromatic N) is 2. The van der Waals surface area contributed by atoms with Crippen molar-refractivity contribution in [3.05, 3.63) is 76.5 Å². The summed E-state index contributed by atoms with van der Waals surface area (Å²) in [6.45, 7) is 3.69. The van der Waals surface area contributed by atoms with Gasteiger partial charge in [-0.15, -0.1) is 0 Å². The van der Waals surface area contributed by atoms with E-state index in [1.807, 2.05) is 25.1 Å². The number of aromatic hydroxyl groups is 1. The second kappa shape index (κ2) is 6.43. The van der Waals surface area contributed by atoms with Gasteiger partial charge in [0, 0.05) is 23.3 Å². The Kier molecular flexibility index (Phi) is 4.16. The predicted octanol–water partition coefficient (Wildman–Crippen LogP) is 4.23. The largest absolute Gasteiger partial charge is 0.508 e. The summed E-state index contributed by atoms with van der Waals surface area (Å²) in [4.78, 5) is 0. The Morgan fingerprint density at radius 1 is 1.08 bits per heavy atom. The van der Waals surface area contributed by atoms with E-state index < -0.39 is 0 Å². The van der Waals surface area contributed by atoms with Crippen molar-refractivity contribution in [2.45, 2.75) is 13.8 Å². The van der Waals surface area contributed by atoms with Gasteiger partial charge in [0.25, 0.3) is 0 Å². The smallest absolute Gasteiger partial charge is 0.138 e. The second-order valence-corrected chi connectivity index (χ2v) is 5.61. The van der Waals surface area contributed by atoms with Gasteiger partial charge in [0.2, 0.25) is 0 Å². The van der Waals surface area contributed by atoms with Gasteiger partial charge in [0.1, 0.15) is 46.5 Å². The zero-order valence-corrected chi connectivity index (χ0v) is 13.7. The third-order valence-corrected chi connectivity index (χ3v) is 3.71. The number of ether oxygens (including phenoxy) is 2. The van der Waals surface area contributed by atoms with Crippen LogP contribution in [0.15, 0.2) is 70.9 Å². The molecule has 3 rings (SSSR count). The lowest BCUT2D eigenvalue weighted by Gasteiger charge is -2.20. The molecule has 2 heterocycles. The number of nitriles is 2. The number of hydrogen-bond acceptors (Lipinski definition) is 5. The molecule has 0 fully saturated rings. The number of benzene rings is 1. The molecule has 2 aliphatic rings. The van der Waals surface area contributed by atoms with E-state index in [-0.39, 0.29) is 11.3 Å². The van der Waals surface area contributed by atoms with Crippen LogP contribution in [-0.2, 0) is 4.74 Å². The molecule has 5 heteroatoms. The average molecular weight is 330 g/mol. The number of fused-ring (bicyclic) bond motifs is 1. The first-order valence-corrected chi connectivity index (χ1v) is 7.53. The SMILES string of the molecule is CC1=CC(=C(C#N)C#N)C=C(C=C2C=C(C)c3ccc(O)cc3O2)O1. The number of hydrogen-bond donors (Lipinski definition) is 1. The Morgan fingerprint density at radius 3 is 2.56 bits per heavy atom. The summed E-state index contributed by atoms with van der Waals surface area (Å²) in [6, 6.07) is 8.70. The fourth-order valence-corrected chi connectivity index (χ4v) is 2.61. The lowest BCUT2D eigenvalue weighted by Crippen LogP contribution is -2.04. The molecule has 0 saturated carbocycles. The molecule has 0 amide bonds. The van der Waals surface area contributed by atoms with E-state index in [9.17, 15) is 5.11 Å². The van der Waals surface area contributed by atoms with E-state index in [0.717, 1.165) is 11.1 Å². The quantitative estimate of drug-likeness (QED) is 0.779. The van der Waals surface area contributed by atoms with E-state index >= 15 is 0 Å². The van der Waals surface area contributed by atoms with Crippen molar-refractivity contribution in [2.24, 2.45) is 0 Å². The second-order valence-electron chi connectivity index (χ2n) is 5.61. The molecule has 0 aromatic heterocycles. The highest BCUT2D eigenvalue weighted by molar-refractivity contribution is 5.74. The van der Waals surface area contributed by atoms with E-state index in [1.54, 1.807) is 43.4 Å². The number of rotatable bonds is 1. The average Bonchev–Trinajstić information content (AvgIpc) is 2.55. The highest BCUT2D eigenvalue weighted by Crippen LogP contribution is 2.36. The number of phenolic OH excluding ortho intramolecular Hbond substituents is 1. The van der Waals surface area contributed by atoms with E-state index in [0.29, 0.717) is 28.6 Å². The van der Waals surface area contributed by atoms with Gasteiger partial charge in [-0.3, -0.25) is 0 Å². The first kappa shape index (κ1) is 16.2. The molecule has 0 unspecified atom stereocenters. The zero-order chi connectivity index (χ0) is 18.0. The summed E-state index contributed by atoms with van der Waals surface area (Å²) in [5.74, 6) is 2.24. The van der Waals surface area contributed by atoms with Crippen LogP contribution < -0.4 is 4.74 Å². The van der Waals surface area contributed by atoms with Crippen molar-refractivity contribution in [3.63, 3.8) is 0 Å². The molecule has 0 atom stereocenters. The first-order chi connectivity index (χ1) is 12.0. The molecule has 0 bridgehead atoms. The molecule has 25 heavy (non-hydrogen) atoms. The highest BCUT2D eigenvalue weighted by Gasteiger charge is 2.17. The van der Waals surface area contributed by atoms with Crippen molar-refractivity contribution in [1.29, 1.82) is 10.5 Å². The van der Waals surface area contributed by atoms with Crippen LogP contribution in [0.3, 0.4) is 0 Å². The standard InChI is InChI=1S/C20H14N2O3/c1-12-5-17(25-20-8-16(23)3-4-19(12)20)9-18-7-14(6-13(2)24-18)15(10-21)11-22/h3-9,23H,1-2H3. The predicted molar refractivity (Wildman–Crippen MR) is 91.6 cm³/mol. The van der Waals surface area contributed by atoms with Crippen molar-refractivity contribution in [1.82, 2.24) is 0 Å². The van der Waals surface area contributed by atoms with Crippen LogP contribution in [0.4, 0.5) is 0 Å². The minimum absolute atomic E-state index is 0.0186. The molecule has 0 radical (unpaired) electrons. The normalized spacial score (nSPS) is 17.0. The zero-order valence-electron chi connectivity index (χ0n) is 13.7. The van der Waals surface area contributed by atoms with Gasteiger partial charge in [-0.1, -0.05) is 0 Å². The Hall–Kier alpha value is -3.70. The van der Waals surface area contributed by atoms with Crippen LogP contribution in [0, 0.1) is 22.7 Å². The monoisotopic (exact) mass is 330 g/mol. The molecule has 122 valence electrons. The van der Waals surface area contributed by atoms with Gasteiger partial charge in [-0.2, -0.15) is 10.5 Å². The summed E-state index contributed by atoms with van der Waals surface area (Å²) < 4.78 is 11.4. The van der Waals surface area contributed by atoms with Crippen LogP contribution in [0.25, 0.3) is 5.57 Å². The molecule has 1 aromatic carbocycles. The molecule has 1 N–H and O–H groups in total. The van der Waals surface area contributed by atoms with E-state index in [1.165, 1.54) is 0 Å². The fraction of sp³-hybridized carbons (Fsp3) is 0.100. The molecule has 0 saturated heterocycles. The molecule has 0 aliphatic carbocycles. The number of allylic oxidation sites excluding steroid dienone is 8. The van der Waals surface area contributed by atoms with Crippen molar-refractivity contribution >= 4 is 5.57 Å². The maximum Gasteiger partial charge on any atom is 0.138 e. The van der Waals surface area contributed by atoms with E-state index in [4.69, 9.17) is 20.0 Å². The van der Waals surface area contributed by atoms with Crippen LogP contribution >= 0.6 is 0 Å². The Bertz CT molecular complexity index is 977. The van der Waals surface area contributed by atoms with Crippen molar-refractivity contribution < 1.29 is 14.6 Å². The molecule has 2 aliphatic heterocycles. The van der Waals surface area contributed by atoms with Gasteiger partial charge in [0.05, 0.1) is 0 Å². The summed E-state index contributed by atoms with van der Waals surface area (Å²) >= 11 is 0. The minimum atomic E-state index is 0.0186. The van der Waals surface area contributed by atoms with E-state index in [2.05, 4.69) is 0 Å². The number of phenols is 1. The Balaban J connectivity index is 2.00. The van der Waals surface area contributed by atoms with Crippen LogP contribution in [0.2, 0.25) is 0 Å². The molecule has 1 aromatic rings. The van der Waals surface area contributed by atoms with Crippen molar-refractivity contribution in [3.8, 4) is 23.6 Å². The maximum absolute atomic E-state index is 9.64. The van der Waals surface area contributed by atoms with Crippen molar-refractivity contribution in [2.75, 3.05) is 0 Å². The first-order valence-electron chi connectivity index (χ1n) is 7.53. The summed E-state index contributed by atoms with van der Waals surface area (Å²) in [5.41, 5.74) is 2.41. The third-order valence-electron chi connectivity index (χ3n) is 3.71. The van der Waals surface area contributed by atoms with Crippen LogP contribution in [0.1, 0.15) is 19.4 Å². The summed E-state index contributed by atoms with van der Waals surface area (Å²) in [6.07, 6.45) is 6.79. The lowest BCUT2D eigenvalue weighted by atomic mass is 10.0. The highest BCUT2D eigenvalue weighted by atomic mass is 16.5. The molecular formula is C20H14N2O3. The molecule has 0 spiro atoms. The minimum Gasteiger partial charge on any atom is -0.508 e. The molecular weight excluding hydrogens is 316 g/mol. The van der Waals surface area contributed by atoms with Gasteiger partial charge < -0.3 is 14.6 Å². The Morgan fingerprint density at radius 2 is 1.84 bits per heavy atom. The summed E-state index contributed by atoms with van der Waals surface area (Å²) in [5, 5.41) is 27.7. The fourth-order valence-electron chi connectivity index (χ4n) is 2.61. The molecule has 5 nitrogen and oxygen atoms in total. The topological polar surface area (TPSA) is 86.3 Å². The summed E-state index contributed by atoms with van der Waals surface area (Å²) in [7, 11) is 0. The van der Waals surface area contributed by atoms with Gasteiger partial charge in [0.15, 0.2) is 0 Å². The van der Waals surface area contributed by atoms with Crippen LogP contribution in [-0.4, -0.2) is 5.11 Å². The third kappa shape index (κ3) is 3.31.